The number of nitrogens with one attached hydrogen (secondary N) is 1. The highest BCUT2D eigenvalue weighted by atomic mass is 35.5. The van der Waals surface area contributed by atoms with E-state index >= 15 is 0 Å². The van der Waals surface area contributed by atoms with Crippen LogP contribution in [0.2, 0.25) is 5.02 Å². The van der Waals surface area contributed by atoms with Crippen LogP contribution in [0.15, 0.2) is 30.6 Å². The molecule has 2 aromatic rings. The number of rotatable bonds is 3. The number of imidazole rings is 1. The van der Waals surface area contributed by atoms with Crippen LogP contribution in [0.5, 0.6) is 5.75 Å². The second-order valence-electron chi connectivity index (χ2n) is 5.46. The monoisotopic (exact) mass is 334 g/mol. The Balaban J connectivity index is 1.91. The molecule has 23 heavy (non-hydrogen) atoms. The van der Waals surface area contributed by atoms with Gasteiger partial charge in [0.15, 0.2) is 0 Å². The fourth-order valence-electron chi connectivity index (χ4n) is 2.83. The predicted molar refractivity (Wildman–Crippen MR) is 87.9 cm³/mol. The molecular weight excluding hydrogens is 316 g/mol. The number of piperazine rings is 1. The molecule has 0 bridgehead atoms. The summed E-state index contributed by atoms with van der Waals surface area (Å²) in [6, 6.07) is 5.00. The highest BCUT2D eigenvalue weighted by molar-refractivity contribution is 6.32. The number of hydrogen-bond donors (Lipinski definition) is 1. The molecule has 1 amide bonds. The molecule has 2 heterocycles. The Bertz CT molecular complexity index is 716. The molecule has 1 N–H and O–H groups in total. The Labute approximate surface area is 140 Å². The molecule has 1 aliphatic rings. The van der Waals surface area contributed by atoms with Gasteiger partial charge < -0.3 is 19.5 Å². The third kappa shape index (κ3) is 3.04. The molecule has 1 atom stereocenters. The number of carbonyl (C=O) groups is 1. The first-order chi connectivity index (χ1) is 11.1. The van der Waals surface area contributed by atoms with Gasteiger partial charge in [0.1, 0.15) is 17.6 Å². The molecule has 0 spiro atoms. The molecule has 1 saturated heterocycles. The van der Waals surface area contributed by atoms with Crippen molar-refractivity contribution in [3.8, 4) is 5.75 Å². The lowest BCUT2D eigenvalue weighted by Crippen LogP contribution is -2.49. The Morgan fingerprint density at radius 3 is 3.00 bits per heavy atom. The largest absolute Gasteiger partial charge is 0.495 e. The zero-order valence-electron chi connectivity index (χ0n) is 13.1. The molecule has 3 rings (SSSR count). The van der Waals surface area contributed by atoms with Crippen LogP contribution in [0.1, 0.15) is 22.2 Å². The number of methoxy groups -OCH3 is 1. The van der Waals surface area contributed by atoms with Crippen molar-refractivity contribution >= 4 is 17.5 Å². The van der Waals surface area contributed by atoms with E-state index in [9.17, 15) is 4.79 Å². The van der Waals surface area contributed by atoms with Crippen molar-refractivity contribution in [3.63, 3.8) is 0 Å². The summed E-state index contributed by atoms with van der Waals surface area (Å²) in [5.74, 6) is 1.32. The predicted octanol–water partition coefficient (Wildman–Crippen LogP) is 1.87. The summed E-state index contributed by atoms with van der Waals surface area (Å²) in [6.07, 6.45) is 3.63. The Kier molecular flexibility index (Phi) is 4.54. The lowest BCUT2D eigenvalue weighted by Gasteiger charge is -2.35. The van der Waals surface area contributed by atoms with Crippen LogP contribution in [0.25, 0.3) is 0 Å². The molecule has 6 nitrogen and oxygen atoms in total. The normalized spacial score (nSPS) is 18.0. The van der Waals surface area contributed by atoms with E-state index in [0.717, 1.165) is 12.4 Å². The number of ether oxygens (including phenoxy) is 1. The number of benzene rings is 1. The Morgan fingerprint density at radius 1 is 1.48 bits per heavy atom. The average Bonchev–Trinajstić information content (AvgIpc) is 3.00. The average molecular weight is 335 g/mol. The minimum absolute atomic E-state index is 0.0468. The van der Waals surface area contributed by atoms with Crippen molar-refractivity contribution < 1.29 is 9.53 Å². The number of halogens is 1. The molecule has 1 aliphatic heterocycles. The fraction of sp³-hybridized carbons (Fsp3) is 0.375. The topological polar surface area (TPSA) is 59.4 Å². The van der Waals surface area contributed by atoms with Gasteiger partial charge in [0.05, 0.1) is 12.1 Å². The maximum atomic E-state index is 13.0. The van der Waals surface area contributed by atoms with Crippen molar-refractivity contribution in [2.24, 2.45) is 7.05 Å². The van der Waals surface area contributed by atoms with E-state index in [2.05, 4.69) is 10.3 Å². The van der Waals surface area contributed by atoms with Crippen molar-refractivity contribution in [1.29, 1.82) is 0 Å². The zero-order valence-corrected chi connectivity index (χ0v) is 13.9. The zero-order chi connectivity index (χ0) is 16.4. The fourth-order valence-corrected chi connectivity index (χ4v) is 3.03. The lowest BCUT2D eigenvalue weighted by atomic mass is 10.1. The van der Waals surface area contributed by atoms with Crippen LogP contribution in [-0.4, -0.2) is 47.1 Å². The first kappa shape index (κ1) is 15.8. The van der Waals surface area contributed by atoms with Crippen LogP contribution in [0.4, 0.5) is 0 Å². The molecule has 0 aliphatic carbocycles. The van der Waals surface area contributed by atoms with Gasteiger partial charge in [-0.2, -0.15) is 0 Å². The van der Waals surface area contributed by atoms with E-state index in [1.807, 2.05) is 22.7 Å². The maximum Gasteiger partial charge on any atom is 0.254 e. The number of aryl methyl sites for hydroxylation is 1. The molecule has 1 fully saturated rings. The van der Waals surface area contributed by atoms with Crippen molar-refractivity contribution in [1.82, 2.24) is 19.8 Å². The van der Waals surface area contributed by atoms with Gasteiger partial charge in [-0.05, 0) is 18.2 Å². The van der Waals surface area contributed by atoms with Crippen molar-refractivity contribution in [2.45, 2.75) is 6.04 Å². The number of nitrogens with zero attached hydrogens (tertiary/aromatic N) is 3. The highest BCUT2D eigenvalue weighted by Gasteiger charge is 2.31. The first-order valence-corrected chi connectivity index (χ1v) is 7.82. The van der Waals surface area contributed by atoms with E-state index in [1.54, 1.807) is 24.4 Å². The summed E-state index contributed by atoms with van der Waals surface area (Å²) < 4.78 is 7.15. The minimum Gasteiger partial charge on any atom is -0.495 e. The summed E-state index contributed by atoms with van der Waals surface area (Å²) in [7, 11) is 3.47. The summed E-state index contributed by atoms with van der Waals surface area (Å²) >= 11 is 6.04. The van der Waals surface area contributed by atoms with Crippen molar-refractivity contribution in [3.05, 3.63) is 47.0 Å². The number of aromatic nitrogens is 2. The van der Waals surface area contributed by atoms with E-state index in [1.165, 1.54) is 7.11 Å². The van der Waals surface area contributed by atoms with Gasteiger partial charge in [-0.15, -0.1) is 0 Å². The highest BCUT2D eigenvalue weighted by Crippen LogP contribution is 2.28. The lowest BCUT2D eigenvalue weighted by molar-refractivity contribution is 0.0620. The van der Waals surface area contributed by atoms with E-state index in [4.69, 9.17) is 16.3 Å². The van der Waals surface area contributed by atoms with E-state index < -0.39 is 0 Å². The summed E-state index contributed by atoms with van der Waals surface area (Å²) in [4.78, 5) is 19.2. The number of amides is 1. The van der Waals surface area contributed by atoms with Gasteiger partial charge in [-0.3, -0.25) is 4.79 Å². The van der Waals surface area contributed by atoms with Gasteiger partial charge >= 0.3 is 0 Å². The summed E-state index contributed by atoms with van der Waals surface area (Å²) in [6.45, 7) is 2.07. The van der Waals surface area contributed by atoms with E-state index in [0.29, 0.717) is 29.4 Å². The third-order valence-electron chi connectivity index (χ3n) is 4.06. The molecule has 1 unspecified atom stereocenters. The third-order valence-corrected chi connectivity index (χ3v) is 4.37. The van der Waals surface area contributed by atoms with Gasteiger partial charge in [0.2, 0.25) is 0 Å². The molecule has 7 heteroatoms. The second-order valence-corrected chi connectivity index (χ2v) is 5.87. The molecule has 0 radical (unpaired) electrons. The standard InChI is InChI=1S/C16H19ClN4O2/c1-20-7-6-19-15(20)13-10-18-5-8-21(13)16(22)11-3-4-12(17)14(9-11)23-2/h3-4,6-7,9,13,18H,5,8,10H2,1-2H3. The summed E-state index contributed by atoms with van der Waals surface area (Å²) in [5.41, 5.74) is 0.562. The Morgan fingerprint density at radius 2 is 2.30 bits per heavy atom. The maximum absolute atomic E-state index is 13.0. The van der Waals surface area contributed by atoms with Crippen LogP contribution >= 0.6 is 11.6 Å². The summed E-state index contributed by atoms with van der Waals surface area (Å²) in [5, 5.41) is 3.82. The van der Waals surface area contributed by atoms with E-state index in [-0.39, 0.29) is 11.9 Å². The smallest absolute Gasteiger partial charge is 0.254 e. The first-order valence-electron chi connectivity index (χ1n) is 7.44. The molecule has 0 saturated carbocycles. The quantitative estimate of drug-likeness (QED) is 0.931. The van der Waals surface area contributed by atoms with Crippen LogP contribution in [-0.2, 0) is 7.05 Å². The van der Waals surface area contributed by atoms with Gasteiger partial charge in [0, 0.05) is 44.6 Å². The SMILES string of the molecule is COc1cc(C(=O)N2CCNCC2c2nccn2C)ccc1Cl. The molecular formula is C16H19ClN4O2. The molecule has 1 aromatic heterocycles. The second kappa shape index (κ2) is 6.60. The molecule has 1 aromatic carbocycles. The number of carbonyl (C=O) groups excluding carboxylic acids is 1. The van der Waals surface area contributed by atoms with Crippen LogP contribution < -0.4 is 10.1 Å². The molecule has 122 valence electrons. The Hall–Kier alpha value is -2.05. The van der Waals surface area contributed by atoms with Crippen LogP contribution in [0, 0.1) is 0 Å². The van der Waals surface area contributed by atoms with Gasteiger partial charge in [-0.1, -0.05) is 11.6 Å². The van der Waals surface area contributed by atoms with Crippen LogP contribution in [0.3, 0.4) is 0 Å². The van der Waals surface area contributed by atoms with Crippen molar-refractivity contribution in [2.75, 3.05) is 26.7 Å². The van der Waals surface area contributed by atoms with Gasteiger partial charge in [0.25, 0.3) is 5.91 Å². The number of hydrogen-bond acceptors (Lipinski definition) is 4. The van der Waals surface area contributed by atoms with Gasteiger partial charge in [-0.25, -0.2) is 4.98 Å². The minimum atomic E-state index is -0.0991.